The third-order valence-electron chi connectivity index (χ3n) is 5.51. The van der Waals surface area contributed by atoms with Crippen molar-refractivity contribution >= 4 is 35.0 Å². The smallest absolute Gasteiger partial charge is 0.268 e. The predicted molar refractivity (Wildman–Crippen MR) is 120 cm³/mol. The number of benzene rings is 1. The monoisotopic (exact) mass is 423 g/mol. The lowest BCUT2D eigenvalue weighted by Gasteiger charge is -2.26. The molecule has 3 heterocycles. The van der Waals surface area contributed by atoms with E-state index in [1.165, 1.54) is 6.21 Å². The summed E-state index contributed by atoms with van der Waals surface area (Å²) in [6, 6.07) is 9.75. The van der Waals surface area contributed by atoms with Crippen LogP contribution in [-0.4, -0.2) is 34.1 Å². The second-order valence-electron chi connectivity index (χ2n) is 7.38. The molecule has 1 amide bonds. The van der Waals surface area contributed by atoms with Crippen molar-refractivity contribution in [3.05, 3.63) is 64.8 Å². The van der Waals surface area contributed by atoms with E-state index in [4.69, 9.17) is 15.6 Å². The number of fused-ring (bicyclic) bond motifs is 1. The van der Waals surface area contributed by atoms with E-state index < -0.39 is 0 Å². The Labute approximate surface area is 179 Å². The van der Waals surface area contributed by atoms with Gasteiger partial charge in [-0.1, -0.05) is 18.2 Å². The Morgan fingerprint density at radius 1 is 1.40 bits per heavy atom. The van der Waals surface area contributed by atoms with Crippen LogP contribution >= 0.6 is 11.9 Å². The van der Waals surface area contributed by atoms with Crippen molar-refractivity contribution in [2.75, 3.05) is 13.1 Å². The van der Waals surface area contributed by atoms with E-state index in [0.29, 0.717) is 18.8 Å². The molecule has 0 unspecified atom stereocenters. The first kappa shape index (κ1) is 20.3. The molecular weight excluding hydrogens is 398 g/mol. The molecule has 0 aliphatic carbocycles. The summed E-state index contributed by atoms with van der Waals surface area (Å²) in [5.74, 6) is -0.126. The molecule has 0 fully saturated rings. The highest BCUT2D eigenvalue weighted by molar-refractivity contribution is 7.97. The molecule has 0 radical (unpaired) electrons. The fraction of sp³-hybridized carbons (Fsp3) is 0.273. The molecule has 0 atom stereocenters. The van der Waals surface area contributed by atoms with Crippen LogP contribution in [0.1, 0.15) is 28.2 Å². The molecule has 8 heteroatoms. The first-order valence-corrected chi connectivity index (χ1v) is 10.6. The summed E-state index contributed by atoms with van der Waals surface area (Å²) >= 11 is 1.61. The summed E-state index contributed by atoms with van der Waals surface area (Å²) in [6.45, 7) is 3.85. The van der Waals surface area contributed by atoms with Gasteiger partial charge in [-0.25, -0.2) is 4.31 Å². The number of aromatic nitrogens is 1. The van der Waals surface area contributed by atoms with Crippen molar-refractivity contribution < 1.29 is 9.21 Å². The highest BCUT2D eigenvalue weighted by atomic mass is 32.2. The van der Waals surface area contributed by atoms with Gasteiger partial charge >= 0.3 is 0 Å². The number of nitrogens with one attached hydrogen (secondary N) is 2. The third kappa shape index (κ3) is 3.88. The number of hydrogen-bond donors (Lipinski definition) is 3. The average Bonchev–Trinajstić information content (AvgIpc) is 3.34. The van der Waals surface area contributed by atoms with Gasteiger partial charge in [-0.15, -0.1) is 0 Å². The van der Waals surface area contributed by atoms with Crippen LogP contribution < -0.4 is 11.1 Å². The van der Waals surface area contributed by atoms with Crippen LogP contribution in [0.15, 0.2) is 57.2 Å². The fourth-order valence-corrected chi connectivity index (χ4v) is 4.67. The first-order valence-electron chi connectivity index (χ1n) is 9.78. The van der Waals surface area contributed by atoms with Crippen molar-refractivity contribution in [2.24, 2.45) is 12.8 Å². The summed E-state index contributed by atoms with van der Waals surface area (Å²) in [7, 11) is 1.90. The molecule has 0 bridgehead atoms. The van der Waals surface area contributed by atoms with Crippen LogP contribution in [0.25, 0.3) is 11.0 Å². The molecule has 0 spiro atoms. The predicted octanol–water partition coefficient (Wildman–Crippen LogP) is 3.58. The maximum Gasteiger partial charge on any atom is 0.268 e. The average molecular weight is 424 g/mol. The van der Waals surface area contributed by atoms with E-state index in [9.17, 15) is 4.79 Å². The van der Waals surface area contributed by atoms with E-state index in [0.717, 1.165) is 51.4 Å². The number of furan rings is 1. The molecule has 0 saturated heterocycles. The Kier molecular flexibility index (Phi) is 5.69. The van der Waals surface area contributed by atoms with Crippen LogP contribution in [-0.2, 0) is 13.6 Å². The van der Waals surface area contributed by atoms with Gasteiger partial charge in [0.15, 0.2) is 0 Å². The van der Waals surface area contributed by atoms with Crippen molar-refractivity contribution in [2.45, 2.75) is 24.8 Å². The molecule has 7 nitrogen and oxygen atoms in total. The maximum absolute atomic E-state index is 12.9. The van der Waals surface area contributed by atoms with Gasteiger partial charge < -0.3 is 25.4 Å². The number of hydrogen-bond acceptors (Lipinski definition) is 6. The topological polar surface area (TPSA) is 100 Å². The Morgan fingerprint density at radius 3 is 3.03 bits per heavy atom. The summed E-state index contributed by atoms with van der Waals surface area (Å²) < 4.78 is 9.64. The first-order chi connectivity index (χ1) is 14.5. The lowest BCUT2D eigenvalue weighted by molar-refractivity contribution is 0.0942. The number of nitrogens with two attached hydrogens (primary N) is 1. The minimum atomic E-state index is -0.126. The Hall–Kier alpha value is -2.97. The highest BCUT2D eigenvalue weighted by Gasteiger charge is 2.21. The van der Waals surface area contributed by atoms with Crippen LogP contribution in [0, 0.1) is 12.3 Å². The molecule has 0 saturated carbocycles. The van der Waals surface area contributed by atoms with Crippen LogP contribution in [0.4, 0.5) is 0 Å². The number of carbonyl (C=O) groups excluding carboxylic acids is 1. The second kappa shape index (κ2) is 8.41. The summed E-state index contributed by atoms with van der Waals surface area (Å²) in [6.07, 6.45) is 3.74. The van der Waals surface area contributed by atoms with Crippen molar-refractivity contribution in [3.63, 3.8) is 0 Å². The third-order valence-corrected chi connectivity index (χ3v) is 6.69. The van der Waals surface area contributed by atoms with Crippen LogP contribution in [0.3, 0.4) is 0 Å². The minimum Gasteiger partial charge on any atom is -0.464 e. The largest absolute Gasteiger partial charge is 0.464 e. The van der Waals surface area contributed by atoms with Gasteiger partial charge in [0.05, 0.1) is 6.26 Å². The zero-order chi connectivity index (χ0) is 21.3. The zero-order valence-electron chi connectivity index (χ0n) is 17.1. The van der Waals surface area contributed by atoms with E-state index in [-0.39, 0.29) is 5.91 Å². The van der Waals surface area contributed by atoms with Gasteiger partial charge in [-0.2, -0.15) is 0 Å². The van der Waals surface area contributed by atoms with Gasteiger partial charge in [-0.3, -0.25) is 4.79 Å². The Balaban J connectivity index is 1.46. The van der Waals surface area contributed by atoms with Gasteiger partial charge in [0, 0.05) is 72.1 Å². The molecule has 156 valence electrons. The number of amides is 1. The van der Waals surface area contributed by atoms with E-state index in [1.54, 1.807) is 18.2 Å². The number of rotatable bonds is 6. The Morgan fingerprint density at radius 2 is 2.23 bits per heavy atom. The molecule has 1 aliphatic heterocycles. The molecule has 4 rings (SSSR count). The molecule has 1 aromatic carbocycles. The van der Waals surface area contributed by atoms with Gasteiger partial charge in [0.1, 0.15) is 11.3 Å². The summed E-state index contributed by atoms with van der Waals surface area (Å²) in [4.78, 5) is 13.9. The molecular formula is C22H25N5O2S. The molecule has 30 heavy (non-hydrogen) atoms. The fourth-order valence-electron chi connectivity index (χ4n) is 3.57. The normalized spacial score (nSPS) is 15.0. The minimum absolute atomic E-state index is 0.126. The lowest BCUT2D eigenvalue weighted by atomic mass is 10.1. The standard InChI is InChI=1S/C22H25N5O2S/c1-14-20(30-27-8-6-18(24)17(11-23)13-27)10-19(26(14)2)22(28)25-12-16-5-3-4-15-7-9-29-21(15)16/h3-5,7,9-11,23H,6,8,12-13,24H2,1-2H3,(H,25,28). The molecule has 2 aromatic heterocycles. The lowest BCUT2D eigenvalue weighted by Crippen LogP contribution is -2.29. The van der Waals surface area contributed by atoms with Crippen LogP contribution in [0.2, 0.25) is 0 Å². The SMILES string of the molecule is Cc1c(SN2CCC(N)=C(C=N)C2)cc(C(=O)NCc2cccc3ccoc23)n1C. The van der Waals surface area contributed by atoms with E-state index >= 15 is 0 Å². The number of carbonyl (C=O) groups is 1. The second-order valence-corrected chi connectivity index (χ2v) is 8.52. The number of nitrogens with zero attached hydrogens (tertiary/aromatic N) is 2. The van der Waals surface area contributed by atoms with Crippen molar-refractivity contribution in [3.8, 4) is 0 Å². The number of para-hydroxylation sites is 1. The zero-order valence-corrected chi connectivity index (χ0v) is 17.9. The van der Waals surface area contributed by atoms with Gasteiger partial charge in [-0.05, 0) is 31.0 Å². The highest BCUT2D eigenvalue weighted by Crippen LogP contribution is 2.31. The molecule has 1 aliphatic rings. The van der Waals surface area contributed by atoms with Crippen LogP contribution in [0.5, 0.6) is 0 Å². The Bertz CT molecular complexity index is 1140. The van der Waals surface area contributed by atoms with Gasteiger partial charge in [0.2, 0.25) is 0 Å². The van der Waals surface area contributed by atoms with Crippen molar-refractivity contribution in [1.29, 1.82) is 5.41 Å². The molecule has 4 N–H and O–H groups in total. The summed E-state index contributed by atoms with van der Waals surface area (Å²) in [5.41, 5.74) is 11.0. The van der Waals surface area contributed by atoms with E-state index in [1.807, 2.05) is 48.9 Å². The maximum atomic E-state index is 12.9. The summed E-state index contributed by atoms with van der Waals surface area (Å²) in [5, 5.41) is 11.6. The quantitative estimate of drug-likeness (QED) is 0.416. The molecule has 3 aromatic rings. The van der Waals surface area contributed by atoms with E-state index in [2.05, 4.69) is 9.62 Å². The van der Waals surface area contributed by atoms with Crippen molar-refractivity contribution in [1.82, 2.24) is 14.2 Å². The van der Waals surface area contributed by atoms with Gasteiger partial charge in [0.25, 0.3) is 5.91 Å².